The number of nitrogens with zero attached hydrogens (tertiary/aromatic N) is 3. The number of ether oxygens (including phenoxy) is 1. The first-order chi connectivity index (χ1) is 19.4. The van der Waals surface area contributed by atoms with Gasteiger partial charge in [-0.25, -0.2) is 14.8 Å². The summed E-state index contributed by atoms with van der Waals surface area (Å²) < 4.78 is 5.86. The van der Waals surface area contributed by atoms with Crippen LogP contribution in [0.15, 0.2) is 72.4 Å². The molecule has 0 saturated heterocycles. The molecule has 40 heavy (non-hydrogen) atoms. The molecule has 2 aliphatic heterocycles. The second-order valence-electron chi connectivity index (χ2n) is 9.88. The normalized spacial score (nSPS) is 22.7. The number of carbonyl (C=O) groups excluding carboxylic acids is 3. The molecule has 10 nitrogen and oxygen atoms in total. The molecule has 3 N–H and O–H groups in total. The number of aryl methyl sites for hydroxylation is 1. The summed E-state index contributed by atoms with van der Waals surface area (Å²) in [5.41, 5.74) is 2.69. The number of carbonyl (C=O) groups is 3. The SMILES string of the molecule is C=CC(=O)N[C@@H]1CCC[C@H]1NC(=O)C1Sc2nccc3c2C1NC(=O)N3c1ccc(Oc2ccccc2)nc1C. The second-order valence-corrected chi connectivity index (χ2v) is 11.0. The highest BCUT2D eigenvalue weighted by atomic mass is 32.2. The zero-order valence-corrected chi connectivity index (χ0v) is 22.6. The van der Waals surface area contributed by atoms with Crippen molar-refractivity contribution in [2.75, 3.05) is 4.90 Å². The molecule has 3 aliphatic rings. The van der Waals surface area contributed by atoms with Gasteiger partial charge < -0.3 is 20.7 Å². The molecule has 0 spiro atoms. The van der Waals surface area contributed by atoms with Gasteiger partial charge >= 0.3 is 6.03 Å². The number of thioether (sulfide) groups is 1. The Morgan fingerprint density at radius 1 is 1.10 bits per heavy atom. The maximum absolute atomic E-state index is 13.5. The van der Waals surface area contributed by atoms with Crippen molar-refractivity contribution in [3.63, 3.8) is 0 Å². The van der Waals surface area contributed by atoms with E-state index in [0.717, 1.165) is 24.8 Å². The Hall–Kier alpha value is -4.38. The average Bonchev–Trinajstić information content (AvgIpc) is 3.55. The highest BCUT2D eigenvalue weighted by molar-refractivity contribution is 8.01. The fraction of sp³-hybridized carbons (Fsp3) is 0.276. The van der Waals surface area contributed by atoms with Crippen molar-refractivity contribution in [3.8, 4) is 11.6 Å². The predicted octanol–water partition coefficient (Wildman–Crippen LogP) is 4.29. The van der Waals surface area contributed by atoms with Crippen LogP contribution < -0.4 is 25.6 Å². The zero-order chi connectivity index (χ0) is 27.8. The van der Waals surface area contributed by atoms with E-state index in [9.17, 15) is 14.4 Å². The van der Waals surface area contributed by atoms with Crippen LogP contribution in [0, 0.1) is 6.92 Å². The summed E-state index contributed by atoms with van der Waals surface area (Å²) in [7, 11) is 0. The molecule has 4 amide bonds. The molecule has 1 fully saturated rings. The van der Waals surface area contributed by atoms with E-state index in [1.165, 1.54) is 17.8 Å². The number of hydrogen-bond acceptors (Lipinski definition) is 7. The molecule has 204 valence electrons. The molecule has 1 aromatic carbocycles. The van der Waals surface area contributed by atoms with Gasteiger partial charge in [-0.05, 0) is 56.5 Å². The first-order valence-electron chi connectivity index (χ1n) is 13.1. The van der Waals surface area contributed by atoms with E-state index in [0.29, 0.717) is 33.7 Å². The van der Waals surface area contributed by atoms with Gasteiger partial charge in [0, 0.05) is 29.9 Å². The van der Waals surface area contributed by atoms with Crippen LogP contribution in [0.4, 0.5) is 16.2 Å². The van der Waals surface area contributed by atoms with E-state index in [4.69, 9.17) is 4.74 Å². The molecule has 2 unspecified atom stereocenters. The minimum Gasteiger partial charge on any atom is -0.439 e. The minimum absolute atomic E-state index is 0.155. The van der Waals surface area contributed by atoms with Crippen molar-refractivity contribution >= 4 is 41.0 Å². The van der Waals surface area contributed by atoms with Crippen LogP contribution in [0.1, 0.15) is 36.6 Å². The fourth-order valence-corrected chi connectivity index (χ4v) is 6.75. The van der Waals surface area contributed by atoms with E-state index in [2.05, 4.69) is 32.5 Å². The van der Waals surface area contributed by atoms with Crippen molar-refractivity contribution in [2.45, 2.75) is 54.6 Å². The van der Waals surface area contributed by atoms with Gasteiger partial charge in [-0.3, -0.25) is 14.5 Å². The number of urea groups is 1. The number of amides is 4. The third kappa shape index (κ3) is 4.77. The van der Waals surface area contributed by atoms with Crippen molar-refractivity contribution in [1.82, 2.24) is 25.9 Å². The molecule has 0 bridgehead atoms. The lowest BCUT2D eigenvalue weighted by Crippen LogP contribution is -2.53. The van der Waals surface area contributed by atoms with E-state index in [-0.39, 0.29) is 29.9 Å². The molecule has 1 saturated carbocycles. The van der Waals surface area contributed by atoms with Crippen molar-refractivity contribution < 1.29 is 19.1 Å². The van der Waals surface area contributed by atoms with Gasteiger partial charge in [0.15, 0.2) is 0 Å². The lowest BCUT2D eigenvalue weighted by Gasteiger charge is -2.35. The van der Waals surface area contributed by atoms with Gasteiger partial charge in [0.2, 0.25) is 17.7 Å². The number of anilines is 2. The number of para-hydroxylation sites is 1. The Balaban J connectivity index is 1.23. The summed E-state index contributed by atoms with van der Waals surface area (Å²) in [5, 5.41) is 9.16. The van der Waals surface area contributed by atoms with Crippen molar-refractivity contribution in [1.29, 1.82) is 0 Å². The number of rotatable bonds is 7. The van der Waals surface area contributed by atoms with Gasteiger partial charge in [-0.2, -0.15) is 0 Å². The summed E-state index contributed by atoms with van der Waals surface area (Å²) in [6.07, 6.45) is 5.33. The molecule has 1 aliphatic carbocycles. The smallest absolute Gasteiger partial charge is 0.327 e. The molecule has 6 rings (SSSR count). The fourth-order valence-electron chi connectivity index (χ4n) is 5.51. The lowest BCUT2D eigenvalue weighted by atomic mass is 9.99. The summed E-state index contributed by atoms with van der Waals surface area (Å²) in [5.74, 6) is 0.634. The molecule has 0 radical (unpaired) electrons. The second kappa shape index (κ2) is 10.6. The van der Waals surface area contributed by atoms with Crippen LogP contribution in [0.2, 0.25) is 0 Å². The predicted molar refractivity (Wildman–Crippen MR) is 151 cm³/mol. The van der Waals surface area contributed by atoms with Crippen LogP contribution in [0.3, 0.4) is 0 Å². The van der Waals surface area contributed by atoms with Crippen LogP contribution in [-0.2, 0) is 9.59 Å². The summed E-state index contributed by atoms with van der Waals surface area (Å²) in [4.78, 5) is 49.5. The Labute approximate surface area is 235 Å². The Kier molecular flexibility index (Phi) is 6.89. The molecule has 11 heteroatoms. The van der Waals surface area contributed by atoms with Gasteiger partial charge in [-0.15, -0.1) is 0 Å². The molecular weight excluding hydrogens is 528 g/mol. The number of nitrogens with one attached hydrogen (secondary N) is 3. The zero-order valence-electron chi connectivity index (χ0n) is 21.8. The third-order valence-electron chi connectivity index (χ3n) is 7.36. The van der Waals surface area contributed by atoms with Gasteiger partial charge in [0.05, 0.1) is 23.1 Å². The number of pyridine rings is 2. The Morgan fingerprint density at radius 3 is 2.62 bits per heavy atom. The number of hydrogen-bond donors (Lipinski definition) is 3. The van der Waals surface area contributed by atoms with E-state index >= 15 is 0 Å². The number of aromatic nitrogens is 2. The lowest BCUT2D eigenvalue weighted by molar-refractivity contribution is -0.122. The van der Waals surface area contributed by atoms with Gasteiger partial charge in [0.25, 0.3) is 0 Å². The van der Waals surface area contributed by atoms with E-state index in [1.54, 1.807) is 29.3 Å². The van der Waals surface area contributed by atoms with Gasteiger partial charge in [-0.1, -0.05) is 36.5 Å². The highest BCUT2D eigenvalue weighted by Crippen LogP contribution is 2.51. The average molecular weight is 557 g/mol. The van der Waals surface area contributed by atoms with E-state index < -0.39 is 11.3 Å². The summed E-state index contributed by atoms with van der Waals surface area (Å²) in [6.45, 7) is 5.33. The first kappa shape index (κ1) is 25.9. The topological polar surface area (TPSA) is 126 Å². The molecule has 3 aromatic rings. The van der Waals surface area contributed by atoms with Crippen molar-refractivity contribution in [3.05, 3.63) is 78.6 Å². The third-order valence-corrected chi connectivity index (χ3v) is 8.65. The molecule has 4 atom stereocenters. The standard InChI is InChI=1S/C29H28N6O4S/c1-3-22(36)32-18-10-7-11-19(18)33-27(37)26-25-24-21(14-15-30-28(24)40-26)35(29(38)34-25)20-12-13-23(31-16(20)2)39-17-8-5-4-6-9-17/h3-6,8-9,12-15,18-19,25-26H,1,7,10-11H2,2H3,(H,32,36)(H,33,37)(H,34,38)/t18-,19-,25?,26?/m1/s1. The Morgan fingerprint density at radius 2 is 1.88 bits per heavy atom. The van der Waals surface area contributed by atoms with Crippen LogP contribution >= 0.6 is 11.8 Å². The minimum atomic E-state index is -0.591. The van der Waals surface area contributed by atoms with Crippen LogP contribution in [-0.4, -0.2) is 45.1 Å². The van der Waals surface area contributed by atoms with Crippen molar-refractivity contribution in [2.24, 2.45) is 0 Å². The van der Waals surface area contributed by atoms with Crippen LogP contribution in [0.5, 0.6) is 11.6 Å². The summed E-state index contributed by atoms with van der Waals surface area (Å²) in [6, 6.07) is 13.4. The largest absolute Gasteiger partial charge is 0.439 e. The number of benzene rings is 1. The maximum atomic E-state index is 13.5. The van der Waals surface area contributed by atoms with Gasteiger partial charge in [0.1, 0.15) is 16.0 Å². The first-order valence-corrected chi connectivity index (χ1v) is 14.0. The highest BCUT2D eigenvalue weighted by Gasteiger charge is 2.47. The quantitative estimate of drug-likeness (QED) is 0.371. The Bertz CT molecular complexity index is 1500. The molecule has 2 aromatic heterocycles. The molecular formula is C29H28N6O4S. The summed E-state index contributed by atoms with van der Waals surface area (Å²) >= 11 is 1.34. The maximum Gasteiger partial charge on any atom is 0.327 e. The van der Waals surface area contributed by atoms with Crippen LogP contribution in [0.25, 0.3) is 0 Å². The monoisotopic (exact) mass is 556 g/mol. The van der Waals surface area contributed by atoms with E-state index in [1.807, 2.05) is 37.3 Å². The molecule has 4 heterocycles.